The first-order valence-corrected chi connectivity index (χ1v) is 8.75. The Morgan fingerprint density at radius 3 is 2.13 bits per heavy atom. The second-order valence-electron chi connectivity index (χ2n) is 7.79. The molecule has 1 aromatic carbocycles. The lowest BCUT2D eigenvalue weighted by atomic mass is 9.48. The number of rotatable bonds is 4. The molecule has 1 aromatic rings. The fraction of sp³-hybridized carbons (Fsp3) is 0.550. The van der Waals surface area contributed by atoms with Crippen molar-refractivity contribution in [1.29, 1.82) is 0 Å². The molecule has 122 valence electrons. The average molecular weight is 311 g/mol. The first-order chi connectivity index (χ1) is 11.2. The molecule has 0 spiro atoms. The summed E-state index contributed by atoms with van der Waals surface area (Å²) in [4.78, 5) is 0. The van der Waals surface area contributed by atoms with Crippen LogP contribution in [0.4, 0.5) is 0 Å². The predicted molar refractivity (Wildman–Crippen MR) is 91.9 cm³/mol. The average Bonchev–Trinajstić information content (AvgIpc) is 2.54. The SMILES string of the molecule is COc1ccc(/C=C/C(=NO)C23CC4CC(CC(C4)C2)C3)cc1. The molecule has 0 atom stereocenters. The quantitative estimate of drug-likeness (QED) is 0.495. The Kier molecular flexibility index (Phi) is 3.67. The molecule has 3 heteroatoms. The van der Waals surface area contributed by atoms with E-state index in [4.69, 9.17) is 4.74 Å². The summed E-state index contributed by atoms with van der Waals surface area (Å²) >= 11 is 0. The maximum Gasteiger partial charge on any atom is 0.118 e. The summed E-state index contributed by atoms with van der Waals surface area (Å²) in [5.74, 6) is 3.42. The van der Waals surface area contributed by atoms with Gasteiger partial charge >= 0.3 is 0 Å². The molecule has 4 bridgehead atoms. The summed E-state index contributed by atoms with van der Waals surface area (Å²) in [6.45, 7) is 0. The molecule has 23 heavy (non-hydrogen) atoms. The van der Waals surface area contributed by atoms with Gasteiger partial charge in [-0.1, -0.05) is 23.4 Å². The van der Waals surface area contributed by atoms with Crippen molar-refractivity contribution in [3.05, 3.63) is 35.9 Å². The number of ether oxygens (including phenoxy) is 1. The monoisotopic (exact) mass is 311 g/mol. The van der Waals surface area contributed by atoms with Gasteiger partial charge in [-0.25, -0.2) is 0 Å². The lowest BCUT2D eigenvalue weighted by molar-refractivity contribution is -0.0131. The molecular weight excluding hydrogens is 286 g/mol. The molecule has 0 unspecified atom stereocenters. The van der Waals surface area contributed by atoms with Gasteiger partial charge in [-0.15, -0.1) is 0 Å². The normalized spacial score (nSPS) is 35.9. The van der Waals surface area contributed by atoms with Crippen LogP contribution in [-0.4, -0.2) is 18.0 Å². The van der Waals surface area contributed by atoms with Crippen LogP contribution in [-0.2, 0) is 0 Å². The highest BCUT2D eigenvalue weighted by Crippen LogP contribution is 2.60. The van der Waals surface area contributed by atoms with Crippen molar-refractivity contribution < 1.29 is 9.94 Å². The summed E-state index contributed by atoms with van der Waals surface area (Å²) in [6, 6.07) is 7.98. The minimum absolute atomic E-state index is 0.131. The highest BCUT2D eigenvalue weighted by atomic mass is 16.5. The molecule has 5 rings (SSSR count). The molecule has 0 amide bonds. The van der Waals surface area contributed by atoms with Crippen LogP contribution in [0.3, 0.4) is 0 Å². The second kappa shape index (κ2) is 5.70. The van der Waals surface area contributed by atoms with Crippen molar-refractivity contribution in [3.8, 4) is 5.75 Å². The lowest BCUT2D eigenvalue weighted by Crippen LogP contribution is -2.49. The van der Waals surface area contributed by atoms with Crippen LogP contribution in [0.25, 0.3) is 6.08 Å². The molecule has 4 aliphatic rings. The van der Waals surface area contributed by atoms with Gasteiger partial charge in [-0.3, -0.25) is 0 Å². The first-order valence-electron chi connectivity index (χ1n) is 8.75. The van der Waals surface area contributed by atoms with Crippen molar-refractivity contribution in [2.45, 2.75) is 38.5 Å². The summed E-state index contributed by atoms with van der Waals surface area (Å²) in [5, 5.41) is 13.4. The molecule has 3 nitrogen and oxygen atoms in total. The highest BCUT2D eigenvalue weighted by molar-refractivity contribution is 6.02. The van der Waals surface area contributed by atoms with Gasteiger partial charge in [0.2, 0.25) is 0 Å². The molecule has 0 radical (unpaired) electrons. The van der Waals surface area contributed by atoms with E-state index in [1.54, 1.807) is 7.11 Å². The molecule has 0 aliphatic heterocycles. The Hall–Kier alpha value is -1.77. The Morgan fingerprint density at radius 2 is 1.65 bits per heavy atom. The fourth-order valence-electron chi connectivity index (χ4n) is 5.63. The van der Waals surface area contributed by atoms with Crippen LogP contribution in [0.2, 0.25) is 0 Å². The molecule has 1 N–H and O–H groups in total. The van der Waals surface area contributed by atoms with Crippen LogP contribution < -0.4 is 4.74 Å². The molecule has 4 saturated carbocycles. The molecular formula is C20H25NO2. The van der Waals surface area contributed by atoms with E-state index in [1.807, 2.05) is 30.3 Å². The van der Waals surface area contributed by atoms with Gasteiger partial charge in [0.05, 0.1) is 12.8 Å². The van der Waals surface area contributed by atoms with Crippen molar-refractivity contribution in [3.63, 3.8) is 0 Å². The minimum atomic E-state index is 0.131. The zero-order valence-electron chi connectivity index (χ0n) is 13.7. The van der Waals surface area contributed by atoms with E-state index in [-0.39, 0.29) is 5.41 Å². The Morgan fingerprint density at radius 1 is 1.09 bits per heavy atom. The van der Waals surface area contributed by atoms with Gasteiger partial charge in [0.1, 0.15) is 5.75 Å². The van der Waals surface area contributed by atoms with Crippen molar-refractivity contribution in [2.24, 2.45) is 28.3 Å². The van der Waals surface area contributed by atoms with E-state index < -0.39 is 0 Å². The predicted octanol–water partition coefficient (Wildman–Crippen LogP) is 4.76. The van der Waals surface area contributed by atoms with Crippen molar-refractivity contribution >= 4 is 11.8 Å². The third kappa shape index (κ3) is 2.66. The van der Waals surface area contributed by atoms with Gasteiger partial charge in [0.15, 0.2) is 0 Å². The van der Waals surface area contributed by atoms with E-state index in [0.29, 0.717) is 0 Å². The standard InChI is InChI=1S/C20H25NO2/c1-23-18-5-2-14(3-6-18)4-7-19(21-22)20-11-15-8-16(12-20)10-17(9-15)13-20/h2-7,15-17,22H,8-13H2,1H3/b7-4+,21-19?. The van der Waals surface area contributed by atoms with Gasteiger partial charge in [0.25, 0.3) is 0 Å². The van der Waals surface area contributed by atoms with E-state index >= 15 is 0 Å². The number of methoxy groups -OCH3 is 1. The van der Waals surface area contributed by atoms with E-state index in [0.717, 1.165) is 34.8 Å². The fourth-order valence-corrected chi connectivity index (χ4v) is 5.63. The summed E-state index contributed by atoms with van der Waals surface area (Å²) in [7, 11) is 1.68. The Balaban J connectivity index is 1.55. The highest BCUT2D eigenvalue weighted by Gasteiger charge is 2.52. The molecule has 0 saturated heterocycles. The zero-order chi connectivity index (χ0) is 15.9. The minimum Gasteiger partial charge on any atom is -0.497 e. The maximum atomic E-state index is 9.66. The van der Waals surface area contributed by atoms with Gasteiger partial charge in [-0.2, -0.15) is 0 Å². The smallest absolute Gasteiger partial charge is 0.118 e. The number of oxime groups is 1. The third-order valence-corrected chi connectivity index (χ3v) is 6.24. The van der Waals surface area contributed by atoms with E-state index in [2.05, 4.69) is 11.2 Å². The van der Waals surface area contributed by atoms with Gasteiger partial charge < -0.3 is 9.94 Å². The first kappa shape index (κ1) is 14.8. The largest absolute Gasteiger partial charge is 0.497 e. The molecule has 0 heterocycles. The summed E-state index contributed by atoms with van der Waals surface area (Å²) in [5.41, 5.74) is 2.14. The van der Waals surface area contributed by atoms with E-state index in [1.165, 1.54) is 38.5 Å². The zero-order valence-corrected chi connectivity index (χ0v) is 13.7. The Bertz CT molecular complexity index is 594. The van der Waals surface area contributed by atoms with Crippen molar-refractivity contribution in [2.75, 3.05) is 7.11 Å². The summed E-state index contributed by atoms with van der Waals surface area (Å²) < 4.78 is 5.19. The van der Waals surface area contributed by atoms with Gasteiger partial charge in [-0.05, 0) is 80.1 Å². The third-order valence-electron chi connectivity index (χ3n) is 6.24. The van der Waals surface area contributed by atoms with Crippen LogP contribution in [0.5, 0.6) is 5.75 Å². The van der Waals surface area contributed by atoms with Crippen LogP contribution in [0.1, 0.15) is 44.1 Å². The van der Waals surface area contributed by atoms with Crippen LogP contribution in [0, 0.1) is 23.2 Å². The number of hydrogen-bond donors (Lipinski definition) is 1. The van der Waals surface area contributed by atoms with E-state index in [9.17, 15) is 5.21 Å². The second-order valence-corrected chi connectivity index (χ2v) is 7.79. The maximum absolute atomic E-state index is 9.66. The molecule has 0 aromatic heterocycles. The molecule has 4 fully saturated rings. The number of allylic oxidation sites excluding steroid dienone is 1. The van der Waals surface area contributed by atoms with Crippen molar-refractivity contribution in [1.82, 2.24) is 0 Å². The number of benzene rings is 1. The topological polar surface area (TPSA) is 41.8 Å². The number of hydrogen-bond acceptors (Lipinski definition) is 3. The van der Waals surface area contributed by atoms with Crippen LogP contribution >= 0.6 is 0 Å². The molecule has 4 aliphatic carbocycles. The van der Waals surface area contributed by atoms with Crippen LogP contribution in [0.15, 0.2) is 35.5 Å². The summed E-state index contributed by atoms with van der Waals surface area (Å²) in [6.07, 6.45) is 11.9. The van der Waals surface area contributed by atoms with Gasteiger partial charge in [0, 0.05) is 5.41 Å². The Labute approximate surface area is 138 Å². The number of nitrogens with zero attached hydrogens (tertiary/aromatic N) is 1. The lowest BCUT2D eigenvalue weighted by Gasteiger charge is -2.56.